The van der Waals surface area contributed by atoms with Crippen LogP contribution in [0.1, 0.15) is 36.3 Å². The minimum Gasteiger partial charge on any atom is -0.340 e. The van der Waals surface area contributed by atoms with E-state index < -0.39 is 11.7 Å². The lowest BCUT2D eigenvalue weighted by Crippen LogP contribution is -2.34. The molecule has 2 N–H and O–H groups in total. The van der Waals surface area contributed by atoms with Crippen molar-refractivity contribution in [2.75, 3.05) is 13.6 Å². The first-order valence-electron chi connectivity index (χ1n) is 8.06. The van der Waals surface area contributed by atoms with Gasteiger partial charge in [-0.15, -0.1) is 29.9 Å². The summed E-state index contributed by atoms with van der Waals surface area (Å²) >= 11 is 0. The van der Waals surface area contributed by atoms with Gasteiger partial charge >= 0.3 is 6.18 Å². The number of nitrogens with zero attached hydrogens (tertiary/aromatic N) is 5. The molecule has 1 unspecified atom stereocenters. The number of carbonyl (C=O) groups is 1. The Hall–Kier alpha value is -1.91. The first-order chi connectivity index (χ1) is 12.1. The Labute approximate surface area is 173 Å². The van der Waals surface area contributed by atoms with Crippen LogP contribution in [0.4, 0.5) is 13.2 Å². The third-order valence-corrected chi connectivity index (χ3v) is 4.02. The van der Waals surface area contributed by atoms with Gasteiger partial charge in [0.1, 0.15) is 0 Å². The third kappa shape index (κ3) is 6.61. The Kier molecular flexibility index (Phi) is 9.86. The van der Waals surface area contributed by atoms with Crippen LogP contribution in [0.3, 0.4) is 0 Å². The first kappa shape index (κ1) is 26.1. The Morgan fingerprint density at radius 1 is 1.29 bits per heavy atom. The smallest absolute Gasteiger partial charge is 0.340 e. The molecule has 0 fully saturated rings. The molecule has 0 aliphatic rings. The normalized spacial score (nSPS) is 12.1. The number of rotatable bonds is 6. The van der Waals surface area contributed by atoms with Gasteiger partial charge in [0, 0.05) is 25.8 Å². The zero-order chi connectivity index (χ0) is 19.5. The lowest BCUT2D eigenvalue weighted by Gasteiger charge is -2.20. The molecule has 0 aromatic carbocycles. The van der Waals surface area contributed by atoms with Crippen molar-refractivity contribution in [2.24, 2.45) is 11.7 Å². The van der Waals surface area contributed by atoms with Gasteiger partial charge in [0.15, 0.2) is 11.5 Å². The summed E-state index contributed by atoms with van der Waals surface area (Å²) in [6.07, 6.45) is -1.78. The van der Waals surface area contributed by atoms with Gasteiger partial charge in [0.05, 0.1) is 11.8 Å². The molecule has 0 saturated heterocycles. The highest BCUT2D eigenvalue weighted by Gasteiger charge is 2.30. The fourth-order valence-electron chi connectivity index (χ4n) is 2.14. The standard InChI is InChI=1S/C16H21F3N6O.2ClH/c1-10(2)12(20)6-7-24(3)15(26)13-9-25(23-22-13)14-5-4-11(8-21-14)16(17,18)19;;/h4-5,8-10,12H,6-7,20H2,1-3H3;2*1H. The molecule has 1 atom stereocenters. The number of alkyl halides is 3. The maximum absolute atomic E-state index is 12.6. The van der Waals surface area contributed by atoms with E-state index in [2.05, 4.69) is 15.3 Å². The molecule has 0 spiro atoms. The summed E-state index contributed by atoms with van der Waals surface area (Å²) in [5.74, 6) is 0.0956. The van der Waals surface area contributed by atoms with Crippen LogP contribution in [0.5, 0.6) is 0 Å². The highest BCUT2D eigenvalue weighted by atomic mass is 35.5. The molecule has 0 aliphatic heterocycles. The zero-order valence-corrected chi connectivity index (χ0v) is 17.2. The molecule has 28 heavy (non-hydrogen) atoms. The van der Waals surface area contributed by atoms with E-state index in [1.807, 2.05) is 13.8 Å². The Morgan fingerprint density at radius 2 is 1.93 bits per heavy atom. The van der Waals surface area contributed by atoms with E-state index in [4.69, 9.17) is 5.73 Å². The highest BCUT2D eigenvalue weighted by Crippen LogP contribution is 2.28. The minimum atomic E-state index is -4.46. The second-order valence-electron chi connectivity index (χ2n) is 6.37. The van der Waals surface area contributed by atoms with E-state index >= 15 is 0 Å². The highest BCUT2D eigenvalue weighted by molar-refractivity contribution is 5.91. The van der Waals surface area contributed by atoms with Crippen LogP contribution in [0, 0.1) is 5.92 Å². The van der Waals surface area contributed by atoms with Gasteiger partial charge in [-0.2, -0.15) is 13.2 Å². The zero-order valence-electron chi connectivity index (χ0n) is 15.6. The van der Waals surface area contributed by atoms with Gasteiger partial charge in [-0.25, -0.2) is 9.67 Å². The average Bonchev–Trinajstić information content (AvgIpc) is 3.07. The van der Waals surface area contributed by atoms with Crippen molar-refractivity contribution in [3.63, 3.8) is 0 Å². The van der Waals surface area contributed by atoms with Crippen LogP contribution in [-0.4, -0.2) is 50.4 Å². The first-order valence-corrected chi connectivity index (χ1v) is 8.06. The van der Waals surface area contributed by atoms with Gasteiger partial charge < -0.3 is 10.6 Å². The number of aromatic nitrogens is 4. The number of hydrogen-bond donors (Lipinski definition) is 1. The predicted molar refractivity (Wildman–Crippen MR) is 103 cm³/mol. The second-order valence-corrected chi connectivity index (χ2v) is 6.37. The monoisotopic (exact) mass is 442 g/mol. The number of hydrogen-bond acceptors (Lipinski definition) is 5. The average molecular weight is 443 g/mol. The van der Waals surface area contributed by atoms with Crippen LogP contribution in [0.15, 0.2) is 24.5 Å². The third-order valence-electron chi connectivity index (χ3n) is 4.02. The van der Waals surface area contributed by atoms with Crippen LogP contribution in [0.2, 0.25) is 0 Å². The molecule has 2 heterocycles. The molecular formula is C16H23Cl2F3N6O. The molecule has 2 aromatic rings. The fourth-order valence-corrected chi connectivity index (χ4v) is 2.14. The Morgan fingerprint density at radius 3 is 2.43 bits per heavy atom. The van der Waals surface area contributed by atoms with E-state index in [0.29, 0.717) is 25.1 Å². The van der Waals surface area contributed by atoms with Gasteiger partial charge in [0.25, 0.3) is 5.91 Å². The van der Waals surface area contributed by atoms with E-state index in [1.54, 1.807) is 7.05 Å². The maximum atomic E-state index is 12.6. The predicted octanol–water partition coefficient (Wildman–Crippen LogP) is 2.97. The van der Waals surface area contributed by atoms with Gasteiger partial charge in [-0.05, 0) is 24.5 Å². The summed E-state index contributed by atoms with van der Waals surface area (Å²) < 4.78 is 38.9. The summed E-state index contributed by atoms with van der Waals surface area (Å²) in [7, 11) is 1.63. The summed E-state index contributed by atoms with van der Waals surface area (Å²) in [6.45, 7) is 4.48. The molecule has 0 saturated carbocycles. The van der Waals surface area contributed by atoms with E-state index in [9.17, 15) is 18.0 Å². The molecule has 0 bridgehead atoms. The van der Waals surface area contributed by atoms with Gasteiger partial charge in [-0.1, -0.05) is 19.1 Å². The van der Waals surface area contributed by atoms with Crippen LogP contribution >= 0.6 is 24.8 Å². The van der Waals surface area contributed by atoms with Crippen molar-refractivity contribution in [3.05, 3.63) is 35.8 Å². The number of halogens is 5. The van der Waals surface area contributed by atoms with Crippen molar-refractivity contribution in [1.82, 2.24) is 24.9 Å². The molecule has 12 heteroatoms. The lowest BCUT2D eigenvalue weighted by atomic mass is 10.0. The molecular weight excluding hydrogens is 420 g/mol. The van der Waals surface area contributed by atoms with Crippen molar-refractivity contribution in [1.29, 1.82) is 0 Å². The molecule has 158 valence electrons. The molecule has 2 aromatic heterocycles. The lowest BCUT2D eigenvalue weighted by molar-refractivity contribution is -0.137. The van der Waals surface area contributed by atoms with Crippen molar-refractivity contribution < 1.29 is 18.0 Å². The van der Waals surface area contributed by atoms with Gasteiger partial charge in [-0.3, -0.25) is 4.79 Å². The van der Waals surface area contributed by atoms with Crippen molar-refractivity contribution in [3.8, 4) is 5.82 Å². The molecule has 1 amide bonds. The van der Waals surface area contributed by atoms with Crippen molar-refractivity contribution in [2.45, 2.75) is 32.5 Å². The molecule has 7 nitrogen and oxygen atoms in total. The quantitative estimate of drug-likeness (QED) is 0.742. The summed E-state index contributed by atoms with van der Waals surface area (Å²) in [4.78, 5) is 17.6. The second kappa shape index (κ2) is 10.6. The largest absolute Gasteiger partial charge is 0.417 e. The Bertz CT molecular complexity index is 752. The number of pyridine rings is 1. The number of amides is 1. The molecule has 0 radical (unpaired) electrons. The topological polar surface area (TPSA) is 89.9 Å². The minimum absolute atomic E-state index is 0. The fraction of sp³-hybridized carbons (Fsp3) is 0.500. The van der Waals surface area contributed by atoms with E-state index in [0.717, 1.165) is 16.8 Å². The van der Waals surface area contributed by atoms with Crippen molar-refractivity contribution >= 4 is 30.7 Å². The van der Waals surface area contributed by atoms with Gasteiger partial charge in [0.2, 0.25) is 0 Å². The van der Waals surface area contributed by atoms with Crippen LogP contribution < -0.4 is 5.73 Å². The van der Waals surface area contributed by atoms with Crippen LogP contribution in [-0.2, 0) is 6.18 Å². The maximum Gasteiger partial charge on any atom is 0.417 e. The SMILES string of the molecule is CC(C)C(N)CCN(C)C(=O)c1cn(-c2ccc(C(F)(F)F)cn2)nn1.Cl.Cl. The Balaban J connectivity index is 0.00000364. The number of carbonyl (C=O) groups excluding carboxylic acids is 1. The summed E-state index contributed by atoms with van der Waals surface area (Å²) in [5.41, 5.74) is 5.18. The molecule has 0 aliphatic carbocycles. The summed E-state index contributed by atoms with van der Waals surface area (Å²) in [5, 5.41) is 7.53. The number of nitrogens with two attached hydrogens (primary N) is 1. The van der Waals surface area contributed by atoms with Crippen LogP contribution in [0.25, 0.3) is 5.82 Å². The summed E-state index contributed by atoms with van der Waals surface area (Å²) in [6, 6.07) is 2.04. The molecule has 2 rings (SSSR count). The van der Waals surface area contributed by atoms with E-state index in [-0.39, 0.29) is 48.3 Å². The van der Waals surface area contributed by atoms with E-state index in [1.165, 1.54) is 11.1 Å².